The molecule has 0 aliphatic rings. The fourth-order valence-corrected chi connectivity index (χ4v) is 6.42. The van der Waals surface area contributed by atoms with E-state index in [2.05, 4.69) is 55.6 Å². The first-order valence-electron chi connectivity index (χ1n) is 15.8. The molecule has 0 saturated carbocycles. The van der Waals surface area contributed by atoms with Gasteiger partial charge in [-0.3, -0.25) is 4.90 Å². The predicted molar refractivity (Wildman–Crippen MR) is 168 cm³/mol. The molecule has 59 heavy (non-hydrogen) atoms. The van der Waals surface area contributed by atoms with Crippen LogP contribution in [0.15, 0.2) is 60.7 Å². The second-order valence-electron chi connectivity index (χ2n) is 12.2. The molecule has 22 heteroatoms. The average molecular weight is 863 g/mol. The molecule has 0 fully saturated rings. The summed E-state index contributed by atoms with van der Waals surface area (Å²) in [5, 5.41) is 0. The van der Waals surface area contributed by atoms with Crippen LogP contribution in [-0.2, 0) is 0 Å². The minimum absolute atomic E-state index is 1.29. The summed E-state index contributed by atoms with van der Waals surface area (Å²) in [5.74, 6) is -71.4. The van der Waals surface area contributed by atoms with E-state index in [1.54, 1.807) is 0 Å². The van der Waals surface area contributed by atoms with Gasteiger partial charge in [0.2, 0.25) is 0 Å². The van der Waals surface area contributed by atoms with Crippen LogP contribution in [0.1, 0.15) is 0 Å². The van der Waals surface area contributed by atoms with Crippen LogP contribution in [0, 0.1) is 116 Å². The molecule has 6 aromatic carbocycles. The number of nitrogens with one attached hydrogen (secondary N) is 1. The Bertz CT molecular complexity index is 2200. The topological polar surface area (TPSA) is 4.44 Å². The molecule has 0 spiro atoms. The van der Waals surface area contributed by atoms with Crippen LogP contribution in [-0.4, -0.2) is 13.2 Å². The lowest BCUT2D eigenvalue weighted by molar-refractivity contribution is -0.735. The minimum Gasteiger partial charge on any atom is -0.273 e. The Kier molecular flexibility index (Phi) is 12.2. The van der Waals surface area contributed by atoms with E-state index in [1.807, 2.05) is 12.1 Å². The Morgan fingerprint density at radius 2 is 0.407 bits per heavy atom. The summed E-state index contributed by atoms with van der Waals surface area (Å²) in [6, 6.07) is 20.9. The van der Waals surface area contributed by atoms with Crippen molar-refractivity contribution in [3.63, 3.8) is 0 Å². The molecule has 0 radical (unpaired) electrons. The largest absolute Gasteiger partial charge is 0.273 e. The van der Waals surface area contributed by atoms with Gasteiger partial charge >= 0.3 is 0 Å². The number of hydrogen-bond acceptors (Lipinski definition) is 0. The summed E-state index contributed by atoms with van der Waals surface area (Å²) >= 11 is 0. The van der Waals surface area contributed by atoms with Crippen molar-refractivity contribution in [1.82, 2.24) is 0 Å². The van der Waals surface area contributed by atoms with Crippen molar-refractivity contribution < 1.29 is 92.7 Å². The molecule has 0 atom stereocenters. The van der Waals surface area contributed by atoms with Crippen LogP contribution < -0.4 is 26.8 Å². The number of halogens is 20. The predicted octanol–water partition coefficient (Wildman–Crippen LogP) is 8.01. The monoisotopic (exact) mass is 863 g/mol. The first kappa shape index (κ1) is 44.1. The lowest BCUT2D eigenvalue weighted by Crippen LogP contribution is -2.98. The van der Waals surface area contributed by atoms with Crippen LogP contribution in [0.3, 0.4) is 0 Å². The molecule has 0 aliphatic heterocycles. The zero-order chi connectivity index (χ0) is 44.2. The maximum atomic E-state index is 15.4. The maximum absolute atomic E-state index is 15.4. The first-order chi connectivity index (χ1) is 27.6. The highest BCUT2D eigenvalue weighted by atomic mass is 19.2. The van der Waals surface area contributed by atoms with Crippen molar-refractivity contribution >= 4 is 39.4 Å². The number of benzene rings is 6. The van der Waals surface area contributed by atoms with Gasteiger partial charge in [0, 0.05) is 0 Å². The van der Waals surface area contributed by atoms with Gasteiger partial charge in [-0.15, -0.1) is 21.9 Å². The fourth-order valence-electron chi connectivity index (χ4n) is 6.42. The molecule has 310 valence electrons. The van der Waals surface area contributed by atoms with E-state index in [0.717, 1.165) is 0 Å². The Morgan fingerprint density at radius 1 is 0.254 bits per heavy atom. The van der Waals surface area contributed by atoms with Gasteiger partial charge in [-0.05, 0) is 24.3 Å². The highest BCUT2D eigenvalue weighted by Gasteiger charge is 2.52. The van der Waals surface area contributed by atoms with Gasteiger partial charge < -0.3 is 0 Å². The first-order valence-corrected chi connectivity index (χ1v) is 15.8. The van der Waals surface area contributed by atoms with E-state index in [4.69, 9.17) is 0 Å². The summed E-state index contributed by atoms with van der Waals surface area (Å²) in [7, 11) is 2.16. The van der Waals surface area contributed by atoms with Gasteiger partial charge in [0.1, 0.15) is 64.1 Å². The van der Waals surface area contributed by atoms with Gasteiger partial charge in [-0.25, -0.2) is 87.8 Å². The summed E-state index contributed by atoms with van der Waals surface area (Å²) in [4.78, 5) is 1.33. The maximum Gasteiger partial charge on any atom is 0.200 e. The van der Waals surface area contributed by atoms with E-state index in [-0.39, 0.29) is 0 Å². The number of quaternary nitrogens is 1. The molecule has 0 aromatic heterocycles. The van der Waals surface area contributed by atoms with Crippen molar-refractivity contribution in [1.29, 1.82) is 0 Å². The quantitative estimate of drug-likeness (QED) is 0.0750. The molecule has 0 unspecified atom stereocenters. The van der Waals surface area contributed by atoms with Crippen LogP contribution in [0.4, 0.5) is 99.2 Å². The molecule has 1 nitrogen and oxygen atoms in total. The summed E-state index contributed by atoms with van der Waals surface area (Å²) in [6.45, 7) is 0. The van der Waals surface area contributed by atoms with Crippen LogP contribution in [0.2, 0.25) is 0 Å². The van der Waals surface area contributed by atoms with Gasteiger partial charge in [-0.2, -0.15) is 0 Å². The third-order valence-electron chi connectivity index (χ3n) is 9.12. The molecule has 0 aliphatic carbocycles. The second kappa shape index (κ2) is 16.3. The Hall–Kier alpha value is -6.06. The zero-order valence-corrected chi connectivity index (χ0v) is 28.4. The lowest BCUT2D eigenvalue weighted by Gasteiger charge is -2.44. The molecule has 6 aromatic rings. The van der Waals surface area contributed by atoms with Crippen molar-refractivity contribution in [3.05, 3.63) is 177 Å². The molecule has 0 heterocycles. The van der Waals surface area contributed by atoms with Crippen LogP contribution in [0.5, 0.6) is 0 Å². The van der Waals surface area contributed by atoms with Gasteiger partial charge in [0.05, 0.1) is 7.05 Å². The summed E-state index contributed by atoms with van der Waals surface area (Å²) in [6.07, 6.45) is -7.22. The third-order valence-corrected chi connectivity index (χ3v) is 9.12. The van der Waals surface area contributed by atoms with Crippen molar-refractivity contribution in [2.24, 2.45) is 0 Å². The SMILES string of the molecule is C[NH+](c1ccccc1)c1ccccc1.Fc1c(F)c(F)c([B-](c2c(F)c(F)c(F)c(F)c2F)(c2c(F)c(F)c(F)c(F)c2F)c2c(F)c(F)c(F)c(F)c2F)c(F)c1F. The fraction of sp³-hybridized carbons (Fsp3) is 0.0270. The van der Waals surface area contributed by atoms with E-state index in [0.29, 0.717) is 0 Å². The molecule has 6 rings (SSSR count). The minimum atomic E-state index is -7.22. The Labute approximate surface area is 316 Å². The van der Waals surface area contributed by atoms with Crippen molar-refractivity contribution in [2.45, 2.75) is 0 Å². The normalized spacial score (nSPS) is 11.6. The second-order valence-corrected chi connectivity index (χ2v) is 12.2. The van der Waals surface area contributed by atoms with Crippen molar-refractivity contribution in [3.8, 4) is 0 Å². The Balaban J connectivity index is 0.000000395. The van der Waals surface area contributed by atoms with Crippen LogP contribution in [0.25, 0.3) is 0 Å². The van der Waals surface area contributed by atoms with E-state index >= 15 is 35.1 Å². The van der Waals surface area contributed by atoms with Gasteiger partial charge in [-0.1, -0.05) is 36.4 Å². The van der Waals surface area contributed by atoms with Gasteiger partial charge in [0.25, 0.3) is 0 Å². The van der Waals surface area contributed by atoms with E-state index in [9.17, 15) is 52.7 Å². The van der Waals surface area contributed by atoms with Crippen LogP contribution >= 0.6 is 0 Å². The molecule has 0 saturated heterocycles. The average Bonchev–Trinajstić information content (AvgIpc) is 3.24. The van der Waals surface area contributed by atoms with Crippen molar-refractivity contribution in [2.75, 3.05) is 7.05 Å². The summed E-state index contributed by atoms with van der Waals surface area (Å²) in [5.41, 5.74) is -11.7. The smallest absolute Gasteiger partial charge is 0.200 e. The molecular formula is C37H14BF20N. The molecule has 0 bridgehead atoms. The van der Waals surface area contributed by atoms with Gasteiger partial charge in [0.15, 0.2) is 69.8 Å². The lowest BCUT2D eigenvalue weighted by atomic mass is 9.12. The zero-order valence-electron chi connectivity index (χ0n) is 28.4. The standard InChI is InChI=1S/C24BF20.C13H13N/c26-5-1(6(27)14(35)21(42)13(5)34)25(2-7(28)15(36)22(43)16(37)8(2)29,3-9(30)17(38)23(44)18(39)10(3)31)4-11(32)19(40)24(45)20(41)12(4)33;1-14(12-8-4-2-5-9-12)13-10-6-3-7-11-13/h;2-11H,1H3/q-1;/p+1. The third kappa shape index (κ3) is 6.81. The number of para-hydroxylation sites is 2. The highest BCUT2D eigenvalue weighted by Crippen LogP contribution is 2.30. The number of hydrogen-bond donors (Lipinski definition) is 1. The number of rotatable bonds is 6. The highest BCUT2D eigenvalue weighted by molar-refractivity contribution is 7.20. The van der Waals surface area contributed by atoms with E-state index < -0.39 is 144 Å². The summed E-state index contributed by atoms with van der Waals surface area (Å²) < 4.78 is 294. The molecular weight excluding hydrogens is 849 g/mol. The molecule has 1 N–H and O–H groups in total. The Morgan fingerprint density at radius 3 is 0.576 bits per heavy atom. The molecule has 0 amide bonds. The van der Waals surface area contributed by atoms with E-state index in [1.165, 1.54) is 16.3 Å².